The summed E-state index contributed by atoms with van der Waals surface area (Å²) in [4.78, 5) is 12.7. The van der Waals surface area contributed by atoms with Crippen LogP contribution in [0.25, 0.3) is 16.4 Å². The van der Waals surface area contributed by atoms with Crippen LogP contribution in [0.1, 0.15) is 29.1 Å². The molecule has 0 saturated carbocycles. The van der Waals surface area contributed by atoms with Gasteiger partial charge in [-0.3, -0.25) is 9.20 Å². The molecule has 24 heavy (non-hydrogen) atoms. The van der Waals surface area contributed by atoms with E-state index in [2.05, 4.69) is 15.5 Å². The van der Waals surface area contributed by atoms with E-state index >= 15 is 0 Å². The number of benzene rings is 2. The third kappa shape index (κ3) is 2.40. The fraction of sp³-hybridized carbons (Fsp3) is 0.105. The predicted octanol–water partition coefficient (Wildman–Crippen LogP) is 3.37. The maximum atomic E-state index is 12.7. The summed E-state index contributed by atoms with van der Waals surface area (Å²) in [5.41, 5.74) is 1.42. The molecule has 0 fully saturated rings. The topological polar surface area (TPSA) is 59.3 Å². The molecular formula is C19H16N4O. The predicted molar refractivity (Wildman–Crippen MR) is 92.8 cm³/mol. The maximum Gasteiger partial charge on any atom is 0.252 e. The van der Waals surface area contributed by atoms with Crippen molar-refractivity contribution in [2.24, 2.45) is 0 Å². The Morgan fingerprint density at radius 3 is 2.71 bits per heavy atom. The first kappa shape index (κ1) is 14.4. The molecule has 4 aromatic rings. The number of nitrogens with one attached hydrogen (secondary N) is 1. The molecule has 1 atom stereocenters. The first-order valence-electron chi connectivity index (χ1n) is 7.82. The Morgan fingerprint density at radius 1 is 1.00 bits per heavy atom. The molecule has 5 nitrogen and oxygen atoms in total. The Labute approximate surface area is 139 Å². The van der Waals surface area contributed by atoms with Crippen LogP contribution in [0.15, 0.2) is 66.9 Å². The van der Waals surface area contributed by atoms with Crippen molar-refractivity contribution in [2.45, 2.75) is 13.0 Å². The number of fused-ring (bicyclic) bond motifs is 2. The molecule has 0 bridgehead atoms. The van der Waals surface area contributed by atoms with Crippen molar-refractivity contribution in [1.82, 2.24) is 19.9 Å². The van der Waals surface area contributed by atoms with Gasteiger partial charge in [-0.2, -0.15) is 0 Å². The van der Waals surface area contributed by atoms with E-state index < -0.39 is 0 Å². The standard InChI is InChI=1S/C19H16N4O/c1-13(18-22-21-17-11-4-5-12-23(17)18)20-19(24)16-10-6-8-14-7-2-3-9-15(14)16/h2-13H,1H3,(H,20,24)/t13-/m1/s1. The Bertz CT molecular complexity index is 1030. The van der Waals surface area contributed by atoms with Gasteiger partial charge in [0.25, 0.3) is 5.91 Å². The van der Waals surface area contributed by atoms with Crippen molar-refractivity contribution < 1.29 is 4.79 Å². The fourth-order valence-electron chi connectivity index (χ4n) is 2.92. The van der Waals surface area contributed by atoms with Gasteiger partial charge in [0.05, 0.1) is 6.04 Å². The van der Waals surface area contributed by atoms with Crippen LogP contribution in [-0.4, -0.2) is 20.5 Å². The number of nitrogens with zero attached hydrogens (tertiary/aromatic N) is 3. The number of carbonyl (C=O) groups is 1. The van der Waals surface area contributed by atoms with Gasteiger partial charge in [-0.1, -0.05) is 42.5 Å². The van der Waals surface area contributed by atoms with Crippen molar-refractivity contribution in [1.29, 1.82) is 0 Å². The summed E-state index contributed by atoms with van der Waals surface area (Å²) >= 11 is 0. The number of hydrogen-bond donors (Lipinski definition) is 1. The average molecular weight is 316 g/mol. The van der Waals surface area contributed by atoms with E-state index in [9.17, 15) is 4.79 Å². The first-order valence-corrected chi connectivity index (χ1v) is 7.82. The average Bonchev–Trinajstić information content (AvgIpc) is 3.05. The second-order valence-electron chi connectivity index (χ2n) is 5.71. The van der Waals surface area contributed by atoms with Gasteiger partial charge in [-0.05, 0) is 35.9 Å². The van der Waals surface area contributed by atoms with Gasteiger partial charge in [0.15, 0.2) is 11.5 Å². The van der Waals surface area contributed by atoms with Crippen LogP contribution in [0.5, 0.6) is 0 Å². The van der Waals surface area contributed by atoms with E-state index in [-0.39, 0.29) is 11.9 Å². The largest absolute Gasteiger partial charge is 0.342 e. The van der Waals surface area contributed by atoms with Crippen molar-refractivity contribution in [2.75, 3.05) is 0 Å². The summed E-state index contributed by atoms with van der Waals surface area (Å²) < 4.78 is 1.88. The molecule has 0 spiro atoms. The summed E-state index contributed by atoms with van der Waals surface area (Å²) in [5.74, 6) is 0.589. The van der Waals surface area contributed by atoms with Crippen molar-refractivity contribution >= 4 is 22.3 Å². The molecule has 4 rings (SSSR count). The van der Waals surface area contributed by atoms with E-state index in [4.69, 9.17) is 0 Å². The van der Waals surface area contributed by atoms with Gasteiger partial charge in [-0.25, -0.2) is 0 Å². The van der Waals surface area contributed by atoms with Gasteiger partial charge in [0.1, 0.15) is 0 Å². The lowest BCUT2D eigenvalue weighted by atomic mass is 10.0. The molecule has 0 aliphatic heterocycles. The number of amides is 1. The summed E-state index contributed by atoms with van der Waals surface area (Å²) in [6, 6.07) is 19.1. The number of rotatable bonds is 3. The van der Waals surface area contributed by atoms with Gasteiger partial charge in [0.2, 0.25) is 0 Å². The minimum Gasteiger partial charge on any atom is -0.342 e. The molecule has 118 valence electrons. The highest BCUT2D eigenvalue weighted by Crippen LogP contribution is 2.20. The second-order valence-corrected chi connectivity index (χ2v) is 5.71. The van der Waals surface area contributed by atoms with Crippen molar-refractivity contribution in [3.8, 4) is 0 Å². The van der Waals surface area contributed by atoms with Crippen LogP contribution in [0.4, 0.5) is 0 Å². The molecule has 2 aromatic heterocycles. The third-order valence-corrected chi connectivity index (χ3v) is 4.11. The maximum absolute atomic E-state index is 12.7. The lowest BCUT2D eigenvalue weighted by Gasteiger charge is -2.13. The zero-order chi connectivity index (χ0) is 16.5. The van der Waals surface area contributed by atoms with Crippen molar-refractivity contribution in [3.63, 3.8) is 0 Å². The highest BCUT2D eigenvalue weighted by Gasteiger charge is 2.17. The van der Waals surface area contributed by atoms with Crippen LogP contribution in [0.3, 0.4) is 0 Å². The molecule has 2 aromatic carbocycles. The zero-order valence-electron chi connectivity index (χ0n) is 13.2. The molecule has 0 radical (unpaired) electrons. The monoisotopic (exact) mass is 316 g/mol. The van der Waals surface area contributed by atoms with Crippen molar-refractivity contribution in [3.05, 3.63) is 78.2 Å². The van der Waals surface area contributed by atoms with Gasteiger partial charge in [0, 0.05) is 11.8 Å². The number of pyridine rings is 1. The molecule has 0 aliphatic rings. The lowest BCUT2D eigenvalue weighted by Crippen LogP contribution is -2.28. The molecule has 0 aliphatic carbocycles. The van der Waals surface area contributed by atoms with Crippen LogP contribution in [-0.2, 0) is 0 Å². The Balaban J connectivity index is 1.66. The number of hydrogen-bond acceptors (Lipinski definition) is 3. The highest BCUT2D eigenvalue weighted by molar-refractivity contribution is 6.07. The SMILES string of the molecule is C[C@@H](NC(=O)c1cccc2ccccc12)c1nnc2ccccn12. The van der Waals surface area contributed by atoms with E-state index in [0.29, 0.717) is 11.4 Å². The van der Waals surface area contributed by atoms with E-state index in [1.54, 1.807) is 0 Å². The second kappa shape index (κ2) is 5.77. The van der Waals surface area contributed by atoms with E-state index in [0.717, 1.165) is 16.4 Å². The summed E-state index contributed by atoms with van der Waals surface area (Å²) in [6.07, 6.45) is 1.89. The number of aromatic nitrogens is 3. The Morgan fingerprint density at radius 2 is 1.79 bits per heavy atom. The lowest BCUT2D eigenvalue weighted by molar-refractivity contribution is 0.0940. The number of carbonyl (C=O) groups excluding carboxylic acids is 1. The summed E-state index contributed by atoms with van der Waals surface area (Å²) in [6.45, 7) is 1.91. The van der Waals surface area contributed by atoms with Crippen LogP contribution >= 0.6 is 0 Å². The Hall–Kier alpha value is -3.21. The van der Waals surface area contributed by atoms with E-state index in [1.165, 1.54) is 0 Å². The normalized spacial score (nSPS) is 12.4. The third-order valence-electron chi connectivity index (χ3n) is 4.11. The molecule has 1 amide bonds. The highest BCUT2D eigenvalue weighted by atomic mass is 16.1. The molecule has 5 heteroatoms. The molecule has 0 unspecified atom stereocenters. The van der Waals surface area contributed by atoms with Crippen LogP contribution < -0.4 is 5.32 Å². The molecule has 1 N–H and O–H groups in total. The van der Waals surface area contributed by atoms with Crippen LogP contribution in [0, 0.1) is 0 Å². The zero-order valence-corrected chi connectivity index (χ0v) is 13.2. The Kier molecular flexibility index (Phi) is 3.46. The molecule has 2 heterocycles. The van der Waals surface area contributed by atoms with E-state index in [1.807, 2.05) is 78.2 Å². The smallest absolute Gasteiger partial charge is 0.252 e. The molecular weight excluding hydrogens is 300 g/mol. The quantitative estimate of drug-likeness (QED) is 0.630. The summed E-state index contributed by atoms with van der Waals surface area (Å²) in [5, 5.41) is 13.3. The van der Waals surface area contributed by atoms with Gasteiger partial charge < -0.3 is 5.32 Å². The molecule has 0 saturated heterocycles. The van der Waals surface area contributed by atoms with Gasteiger partial charge >= 0.3 is 0 Å². The fourth-order valence-corrected chi connectivity index (χ4v) is 2.92. The van der Waals surface area contributed by atoms with Gasteiger partial charge in [-0.15, -0.1) is 10.2 Å². The first-order chi connectivity index (χ1) is 11.7. The summed E-state index contributed by atoms with van der Waals surface area (Å²) in [7, 11) is 0. The van der Waals surface area contributed by atoms with Crippen LogP contribution in [0.2, 0.25) is 0 Å². The minimum atomic E-state index is -0.256. The minimum absolute atomic E-state index is 0.119.